The quantitative estimate of drug-likeness (QED) is 0.693. The highest BCUT2D eigenvalue weighted by molar-refractivity contribution is 5.78. The summed E-state index contributed by atoms with van der Waals surface area (Å²) in [7, 11) is 1.71. The Bertz CT molecular complexity index is 134. The summed E-state index contributed by atoms with van der Waals surface area (Å²) in [4.78, 5) is 11.0. The molecule has 0 spiro atoms. The van der Waals surface area contributed by atoms with Gasteiger partial charge in [-0.3, -0.25) is 4.79 Å². The molecule has 1 aliphatic carbocycles. The molecule has 0 heterocycles. The molecule has 0 aromatic rings. The van der Waals surface area contributed by atoms with E-state index in [1.165, 1.54) is 6.42 Å². The standard InChI is InChI=1S/C8H15NO.2C2H6/c1-6-3-4-7(5-6)8(10)9-2;2*1-2/h6-7H,3-5H2,1-2H3,(H,9,10);2*1-2H3. The number of rotatable bonds is 1. The van der Waals surface area contributed by atoms with E-state index in [2.05, 4.69) is 12.2 Å². The van der Waals surface area contributed by atoms with Crippen molar-refractivity contribution in [3.63, 3.8) is 0 Å². The number of amides is 1. The molecule has 1 aliphatic rings. The zero-order valence-electron chi connectivity index (χ0n) is 10.7. The van der Waals surface area contributed by atoms with Crippen molar-refractivity contribution in [2.45, 2.75) is 53.9 Å². The zero-order valence-corrected chi connectivity index (χ0v) is 10.7. The van der Waals surface area contributed by atoms with Gasteiger partial charge in [-0.25, -0.2) is 0 Å². The lowest BCUT2D eigenvalue weighted by atomic mass is 10.1. The van der Waals surface area contributed by atoms with Crippen LogP contribution in [0.2, 0.25) is 0 Å². The van der Waals surface area contributed by atoms with Crippen LogP contribution in [0, 0.1) is 11.8 Å². The fourth-order valence-electron chi connectivity index (χ4n) is 1.65. The van der Waals surface area contributed by atoms with Gasteiger partial charge in [-0.1, -0.05) is 34.6 Å². The summed E-state index contributed by atoms with van der Waals surface area (Å²) in [6, 6.07) is 0. The van der Waals surface area contributed by atoms with E-state index in [1.54, 1.807) is 7.05 Å². The van der Waals surface area contributed by atoms with Gasteiger partial charge in [0, 0.05) is 13.0 Å². The average Bonchev–Trinajstić information content (AvgIpc) is 2.69. The van der Waals surface area contributed by atoms with Crippen molar-refractivity contribution < 1.29 is 4.79 Å². The van der Waals surface area contributed by atoms with Gasteiger partial charge in [-0.2, -0.15) is 0 Å². The molecule has 2 nitrogen and oxygen atoms in total. The number of carbonyl (C=O) groups is 1. The lowest BCUT2D eigenvalue weighted by molar-refractivity contribution is -0.124. The SMILES string of the molecule is CC.CC.CNC(=O)C1CCC(C)C1. The first-order valence-electron chi connectivity index (χ1n) is 5.95. The predicted molar refractivity (Wildman–Crippen MR) is 63.3 cm³/mol. The first-order chi connectivity index (χ1) is 6.74. The first kappa shape index (κ1) is 15.9. The minimum absolute atomic E-state index is 0.226. The molecule has 2 unspecified atom stereocenters. The number of nitrogens with one attached hydrogen (secondary N) is 1. The maximum atomic E-state index is 11.0. The molecule has 0 saturated heterocycles. The maximum absolute atomic E-state index is 11.0. The molecule has 0 aliphatic heterocycles. The summed E-state index contributed by atoms with van der Waals surface area (Å²) < 4.78 is 0. The predicted octanol–water partition coefficient (Wildman–Crippen LogP) is 3.22. The van der Waals surface area contributed by atoms with E-state index in [-0.39, 0.29) is 5.91 Å². The Morgan fingerprint density at radius 1 is 1.14 bits per heavy atom. The van der Waals surface area contributed by atoms with Crippen LogP contribution >= 0.6 is 0 Å². The van der Waals surface area contributed by atoms with Crippen LogP contribution < -0.4 is 5.32 Å². The van der Waals surface area contributed by atoms with E-state index in [4.69, 9.17) is 0 Å². The Labute approximate surface area is 89.5 Å². The number of hydrogen-bond acceptors (Lipinski definition) is 1. The summed E-state index contributed by atoms with van der Waals surface area (Å²) >= 11 is 0. The summed E-state index contributed by atoms with van der Waals surface area (Å²) in [6.45, 7) is 10.2. The van der Waals surface area contributed by atoms with E-state index >= 15 is 0 Å². The topological polar surface area (TPSA) is 29.1 Å². The molecule has 0 radical (unpaired) electrons. The molecular formula is C12H27NO. The third-order valence-corrected chi connectivity index (χ3v) is 2.31. The first-order valence-corrected chi connectivity index (χ1v) is 5.95. The van der Waals surface area contributed by atoms with Gasteiger partial charge in [0.1, 0.15) is 0 Å². The third kappa shape index (κ3) is 6.01. The van der Waals surface area contributed by atoms with Gasteiger partial charge in [0.15, 0.2) is 0 Å². The normalized spacial score (nSPS) is 23.9. The lowest BCUT2D eigenvalue weighted by Gasteiger charge is -2.05. The Kier molecular flexibility index (Phi) is 12.0. The molecule has 1 fully saturated rings. The monoisotopic (exact) mass is 201 g/mol. The lowest BCUT2D eigenvalue weighted by Crippen LogP contribution is -2.25. The van der Waals surface area contributed by atoms with Crippen LogP contribution in [0.1, 0.15) is 53.9 Å². The highest BCUT2D eigenvalue weighted by atomic mass is 16.1. The number of carbonyl (C=O) groups excluding carboxylic acids is 1. The molecule has 0 aromatic heterocycles. The highest BCUT2D eigenvalue weighted by Crippen LogP contribution is 2.29. The molecular weight excluding hydrogens is 174 g/mol. The van der Waals surface area contributed by atoms with Gasteiger partial charge in [-0.15, -0.1) is 0 Å². The van der Waals surface area contributed by atoms with E-state index in [1.807, 2.05) is 27.7 Å². The second-order valence-corrected chi connectivity index (χ2v) is 3.23. The molecule has 1 rings (SSSR count). The summed E-state index contributed by atoms with van der Waals surface area (Å²) in [5.41, 5.74) is 0. The van der Waals surface area contributed by atoms with E-state index in [0.29, 0.717) is 5.92 Å². The van der Waals surface area contributed by atoms with Crippen molar-refractivity contribution in [3.8, 4) is 0 Å². The van der Waals surface area contributed by atoms with E-state index in [9.17, 15) is 4.79 Å². The van der Waals surface area contributed by atoms with Crippen LogP contribution in [-0.2, 0) is 4.79 Å². The van der Waals surface area contributed by atoms with Gasteiger partial charge in [0.25, 0.3) is 0 Å². The molecule has 2 atom stereocenters. The van der Waals surface area contributed by atoms with Crippen molar-refractivity contribution >= 4 is 5.91 Å². The van der Waals surface area contributed by atoms with Crippen molar-refractivity contribution in [3.05, 3.63) is 0 Å². The van der Waals surface area contributed by atoms with Gasteiger partial charge in [-0.05, 0) is 25.2 Å². The van der Waals surface area contributed by atoms with Crippen LogP contribution in [0.25, 0.3) is 0 Å². The molecule has 0 aromatic carbocycles. The highest BCUT2D eigenvalue weighted by Gasteiger charge is 2.26. The van der Waals surface area contributed by atoms with Crippen molar-refractivity contribution in [1.29, 1.82) is 0 Å². The Morgan fingerprint density at radius 3 is 1.93 bits per heavy atom. The van der Waals surface area contributed by atoms with Crippen LogP contribution in [0.4, 0.5) is 0 Å². The summed E-state index contributed by atoms with van der Waals surface area (Å²) in [5, 5.41) is 2.69. The van der Waals surface area contributed by atoms with Gasteiger partial charge >= 0.3 is 0 Å². The fraction of sp³-hybridized carbons (Fsp3) is 0.917. The summed E-state index contributed by atoms with van der Waals surface area (Å²) in [5.74, 6) is 1.28. The molecule has 1 amide bonds. The van der Waals surface area contributed by atoms with Crippen molar-refractivity contribution in [2.75, 3.05) is 7.05 Å². The second-order valence-electron chi connectivity index (χ2n) is 3.23. The van der Waals surface area contributed by atoms with Gasteiger partial charge < -0.3 is 5.32 Å². The van der Waals surface area contributed by atoms with Crippen LogP contribution in [0.5, 0.6) is 0 Å². The van der Waals surface area contributed by atoms with Crippen LogP contribution in [0.15, 0.2) is 0 Å². The van der Waals surface area contributed by atoms with Crippen LogP contribution in [0.3, 0.4) is 0 Å². The molecule has 0 bridgehead atoms. The zero-order chi connectivity index (χ0) is 11.6. The minimum Gasteiger partial charge on any atom is -0.359 e. The fourth-order valence-corrected chi connectivity index (χ4v) is 1.65. The summed E-state index contributed by atoms with van der Waals surface area (Å²) in [6.07, 6.45) is 3.39. The largest absolute Gasteiger partial charge is 0.359 e. The van der Waals surface area contributed by atoms with Crippen LogP contribution in [-0.4, -0.2) is 13.0 Å². The minimum atomic E-state index is 0.226. The average molecular weight is 201 g/mol. The van der Waals surface area contributed by atoms with Gasteiger partial charge in [0.05, 0.1) is 0 Å². The Morgan fingerprint density at radius 2 is 1.64 bits per heavy atom. The molecule has 1 saturated carbocycles. The molecule has 1 N–H and O–H groups in total. The molecule has 86 valence electrons. The smallest absolute Gasteiger partial charge is 0.222 e. The Balaban J connectivity index is 0. The second kappa shape index (κ2) is 10.6. The Hall–Kier alpha value is -0.530. The van der Waals surface area contributed by atoms with E-state index in [0.717, 1.165) is 18.8 Å². The molecule has 2 heteroatoms. The van der Waals surface area contributed by atoms with E-state index < -0.39 is 0 Å². The van der Waals surface area contributed by atoms with Gasteiger partial charge in [0.2, 0.25) is 5.91 Å². The molecule has 14 heavy (non-hydrogen) atoms. The van der Waals surface area contributed by atoms with Crippen molar-refractivity contribution in [1.82, 2.24) is 5.32 Å². The third-order valence-electron chi connectivity index (χ3n) is 2.31. The van der Waals surface area contributed by atoms with Crippen molar-refractivity contribution in [2.24, 2.45) is 11.8 Å². The number of hydrogen-bond donors (Lipinski definition) is 1. The maximum Gasteiger partial charge on any atom is 0.222 e.